The van der Waals surface area contributed by atoms with Crippen LogP contribution in [0.3, 0.4) is 0 Å². The van der Waals surface area contributed by atoms with E-state index in [2.05, 4.69) is 10.0 Å². The normalized spacial score (nSPS) is 16.8. The molecule has 1 amide bonds. The van der Waals surface area contributed by atoms with Crippen molar-refractivity contribution < 1.29 is 17.6 Å². The summed E-state index contributed by atoms with van der Waals surface area (Å²) in [6.45, 7) is 0.532. The minimum Gasteiger partial charge on any atom is -0.358 e. The zero-order chi connectivity index (χ0) is 17.9. The van der Waals surface area contributed by atoms with Gasteiger partial charge in [-0.15, -0.1) is 0 Å². The van der Waals surface area contributed by atoms with E-state index in [9.17, 15) is 17.6 Å². The monoisotopic (exact) mass is 362 g/mol. The van der Waals surface area contributed by atoms with E-state index in [-0.39, 0.29) is 10.8 Å². The lowest BCUT2D eigenvalue weighted by Crippen LogP contribution is -2.23. The van der Waals surface area contributed by atoms with Gasteiger partial charge in [-0.1, -0.05) is 6.07 Å². The van der Waals surface area contributed by atoms with Gasteiger partial charge in [0.1, 0.15) is 5.82 Å². The van der Waals surface area contributed by atoms with Gasteiger partial charge < -0.3 is 5.32 Å². The second kappa shape index (κ2) is 7.23. The molecule has 1 aliphatic carbocycles. The Balaban J connectivity index is 1.86. The van der Waals surface area contributed by atoms with Crippen molar-refractivity contribution in [1.29, 1.82) is 0 Å². The number of nitrogens with one attached hydrogen (secondary N) is 2. The van der Waals surface area contributed by atoms with Crippen LogP contribution in [0.2, 0.25) is 0 Å². The molecule has 0 saturated carbocycles. The number of carbonyl (C=O) groups excluding carboxylic acids is 1. The van der Waals surface area contributed by atoms with Crippen LogP contribution in [0.4, 0.5) is 10.1 Å². The van der Waals surface area contributed by atoms with E-state index in [1.54, 1.807) is 6.07 Å². The fraction of sp³-hybridized carbons (Fsp3) is 0.278. The molecule has 5 nitrogen and oxygen atoms in total. The summed E-state index contributed by atoms with van der Waals surface area (Å²) in [7, 11) is -3.78. The van der Waals surface area contributed by atoms with Crippen LogP contribution >= 0.6 is 0 Å². The average molecular weight is 362 g/mol. The van der Waals surface area contributed by atoms with Crippen LogP contribution in [0, 0.1) is 5.82 Å². The van der Waals surface area contributed by atoms with Gasteiger partial charge in [0, 0.05) is 18.2 Å². The standard InChI is InChI=1S/C18H19FN2O3S/c19-15-5-8-17(9-6-15)25(23,24)21-16-7-4-13-2-1-3-14(11-20-12-22)18(13)10-16/h4-10,12,14,21H,1-3,11H2,(H,20,22). The molecule has 3 rings (SSSR count). The lowest BCUT2D eigenvalue weighted by Gasteiger charge is -2.26. The molecule has 7 heteroatoms. The number of fused-ring (bicyclic) bond motifs is 1. The van der Waals surface area contributed by atoms with E-state index in [0.29, 0.717) is 18.6 Å². The zero-order valence-corrected chi connectivity index (χ0v) is 14.4. The number of amides is 1. The van der Waals surface area contributed by atoms with E-state index in [1.165, 1.54) is 17.7 Å². The first-order valence-electron chi connectivity index (χ1n) is 8.08. The Kier molecular flexibility index (Phi) is 5.03. The highest BCUT2D eigenvalue weighted by atomic mass is 32.2. The summed E-state index contributed by atoms with van der Waals surface area (Å²) >= 11 is 0. The van der Waals surface area contributed by atoms with Gasteiger partial charge in [0.25, 0.3) is 10.0 Å². The fourth-order valence-electron chi connectivity index (χ4n) is 3.19. The van der Waals surface area contributed by atoms with Gasteiger partial charge in [-0.3, -0.25) is 9.52 Å². The van der Waals surface area contributed by atoms with E-state index in [1.807, 2.05) is 12.1 Å². The second-order valence-electron chi connectivity index (χ2n) is 6.09. The topological polar surface area (TPSA) is 75.3 Å². The molecule has 0 spiro atoms. The summed E-state index contributed by atoms with van der Waals surface area (Å²) < 4.78 is 40.4. The van der Waals surface area contributed by atoms with Crippen molar-refractivity contribution in [2.75, 3.05) is 11.3 Å². The number of aryl methyl sites for hydroxylation is 1. The summed E-state index contributed by atoms with van der Waals surface area (Å²) in [4.78, 5) is 10.6. The number of hydrogen-bond donors (Lipinski definition) is 2. The summed E-state index contributed by atoms with van der Waals surface area (Å²) in [6.07, 6.45) is 3.61. The summed E-state index contributed by atoms with van der Waals surface area (Å²) in [5.41, 5.74) is 2.69. The Morgan fingerprint density at radius 3 is 2.64 bits per heavy atom. The smallest absolute Gasteiger partial charge is 0.261 e. The largest absolute Gasteiger partial charge is 0.358 e. The second-order valence-corrected chi connectivity index (χ2v) is 7.77. The highest BCUT2D eigenvalue weighted by molar-refractivity contribution is 7.92. The molecule has 0 fully saturated rings. The van der Waals surface area contributed by atoms with Crippen LogP contribution in [0.5, 0.6) is 0 Å². The number of halogens is 1. The van der Waals surface area contributed by atoms with Crippen LogP contribution in [0.15, 0.2) is 47.4 Å². The Morgan fingerprint density at radius 2 is 1.92 bits per heavy atom. The maximum absolute atomic E-state index is 13.0. The molecular formula is C18H19FN2O3S. The molecule has 1 atom stereocenters. The Morgan fingerprint density at radius 1 is 1.16 bits per heavy atom. The van der Waals surface area contributed by atoms with Gasteiger partial charge in [-0.05, 0) is 66.8 Å². The number of sulfonamides is 1. The summed E-state index contributed by atoms with van der Waals surface area (Å²) in [5, 5.41) is 2.70. The molecule has 0 aliphatic heterocycles. The highest BCUT2D eigenvalue weighted by Gasteiger charge is 2.21. The van der Waals surface area contributed by atoms with Gasteiger partial charge in [0.05, 0.1) is 4.90 Å². The van der Waals surface area contributed by atoms with Gasteiger partial charge in [0.2, 0.25) is 6.41 Å². The van der Waals surface area contributed by atoms with E-state index >= 15 is 0 Å². The first kappa shape index (κ1) is 17.4. The molecule has 1 aliphatic rings. The molecule has 0 aromatic heterocycles. The minimum atomic E-state index is -3.78. The molecule has 0 radical (unpaired) electrons. The first-order chi connectivity index (χ1) is 12.0. The first-order valence-corrected chi connectivity index (χ1v) is 9.56. The third-order valence-electron chi connectivity index (χ3n) is 4.41. The molecule has 0 saturated heterocycles. The fourth-order valence-corrected chi connectivity index (χ4v) is 4.24. The molecule has 2 aromatic rings. The van der Waals surface area contributed by atoms with Crippen LogP contribution in [0.25, 0.3) is 0 Å². The predicted molar refractivity (Wildman–Crippen MR) is 93.4 cm³/mol. The van der Waals surface area contributed by atoms with Crippen molar-refractivity contribution >= 4 is 22.1 Å². The molecule has 25 heavy (non-hydrogen) atoms. The van der Waals surface area contributed by atoms with Crippen molar-refractivity contribution in [3.63, 3.8) is 0 Å². The SMILES string of the molecule is O=CNCC1CCCc2ccc(NS(=O)(=O)c3ccc(F)cc3)cc21. The average Bonchev–Trinajstić information content (AvgIpc) is 2.60. The molecule has 2 N–H and O–H groups in total. The van der Waals surface area contributed by atoms with E-state index in [0.717, 1.165) is 37.0 Å². The van der Waals surface area contributed by atoms with Gasteiger partial charge in [-0.25, -0.2) is 12.8 Å². The summed E-state index contributed by atoms with van der Waals surface area (Å²) in [6, 6.07) is 10.2. The third kappa shape index (κ3) is 3.99. The van der Waals surface area contributed by atoms with Gasteiger partial charge in [-0.2, -0.15) is 0 Å². The van der Waals surface area contributed by atoms with Crippen molar-refractivity contribution in [2.45, 2.75) is 30.1 Å². The highest BCUT2D eigenvalue weighted by Crippen LogP contribution is 2.33. The number of anilines is 1. The summed E-state index contributed by atoms with van der Waals surface area (Å²) in [5.74, 6) is -0.317. The quantitative estimate of drug-likeness (QED) is 0.776. The van der Waals surface area contributed by atoms with Gasteiger partial charge in [0.15, 0.2) is 0 Å². The van der Waals surface area contributed by atoms with Crippen LogP contribution in [0.1, 0.15) is 29.9 Å². The van der Waals surface area contributed by atoms with Crippen LogP contribution in [-0.2, 0) is 21.2 Å². The third-order valence-corrected chi connectivity index (χ3v) is 5.81. The van der Waals surface area contributed by atoms with Crippen LogP contribution in [-0.4, -0.2) is 21.4 Å². The number of benzene rings is 2. The molecule has 0 bridgehead atoms. The zero-order valence-electron chi connectivity index (χ0n) is 13.5. The van der Waals surface area contributed by atoms with Gasteiger partial charge >= 0.3 is 0 Å². The maximum atomic E-state index is 13.0. The van der Waals surface area contributed by atoms with Crippen molar-refractivity contribution in [3.8, 4) is 0 Å². The minimum absolute atomic E-state index is 0.00536. The molecule has 0 heterocycles. The predicted octanol–water partition coefficient (Wildman–Crippen LogP) is 2.79. The Bertz CT molecular complexity index is 866. The lowest BCUT2D eigenvalue weighted by atomic mass is 9.82. The number of rotatable bonds is 6. The molecular weight excluding hydrogens is 343 g/mol. The maximum Gasteiger partial charge on any atom is 0.261 e. The molecule has 2 aromatic carbocycles. The van der Waals surface area contributed by atoms with Crippen molar-refractivity contribution in [1.82, 2.24) is 5.32 Å². The Hall–Kier alpha value is -2.41. The number of carbonyl (C=O) groups is 1. The molecule has 1 unspecified atom stereocenters. The van der Waals surface area contributed by atoms with Crippen molar-refractivity contribution in [2.24, 2.45) is 0 Å². The number of hydrogen-bond acceptors (Lipinski definition) is 3. The van der Waals surface area contributed by atoms with Crippen LogP contribution < -0.4 is 10.0 Å². The molecule has 132 valence electrons. The van der Waals surface area contributed by atoms with E-state index < -0.39 is 15.8 Å². The Labute approximate surface area is 146 Å². The van der Waals surface area contributed by atoms with Crippen molar-refractivity contribution in [3.05, 3.63) is 59.4 Å². The lowest BCUT2D eigenvalue weighted by molar-refractivity contribution is -0.109. The van der Waals surface area contributed by atoms with E-state index in [4.69, 9.17) is 0 Å².